The Bertz CT molecular complexity index is 999. The molecule has 0 spiro atoms. The van der Waals surface area contributed by atoms with Crippen molar-refractivity contribution in [2.24, 2.45) is 7.05 Å². The van der Waals surface area contributed by atoms with Crippen LogP contribution >= 0.6 is 23.2 Å². The number of nitrogens with zero attached hydrogens (tertiary/aromatic N) is 2. The molecule has 3 rings (SSSR count). The number of halogens is 6. The van der Waals surface area contributed by atoms with Gasteiger partial charge in [0.2, 0.25) is 0 Å². The zero-order valence-corrected chi connectivity index (χ0v) is 15.1. The fourth-order valence-corrected chi connectivity index (χ4v) is 3.54. The van der Waals surface area contributed by atoms with Crippen molar-refractivity contribution in [1.29, 1.82) is 0 Å². The first-order chi connectivity index (χ1) is 12.1. The van der Waals surface area contributed by atoms with Crippen LogP contribution in [0.2, 0.25) is 5.02 Å². The molecule has 1 unspecified atom stereocenters. The SMILES string of the molecule is Cc1nn(C)c(C(F)(Cl)c2ccc(F)cc2F)c1-c1ccc(F)cc1Cl. The lowest BCUT2D eigenvalue weighted by Gasteiger charge is -2.22. The standard InChI is InChI=1S/C18H12Cl2F4N2/c1-9-16(12-5-3-10(21)7-14(12)19)17(26(2)25-9)18(20,24)13-6-4-11(22)8-15(13)23/h3-8H,1-2H3. The van der Waals surface area contributed by atoms with Gasteiger partial charge in [0.1, 0.15) is 23.1 Å². The molecule has 0 N–H and O–H groups in total. The molecule has 2 aromatic carbocycles. The smallest absolute Gasteiger partial charge is 0.253 e. The molecule has 0 saturated heterocycles. The van der Waals surface area contributed by atoms with Crippen LogP contribution in [0.25, 0.3) is 11.1 Å². The van der Waals surface area contributed by atoms with E-state index in [9.17, 15) is 13.2 Å². The third kappa shape index (κ3) is 3.08. The summed E-state index contributed by atoms with van der Waals surface area (Å²) in [5.41, 5.74) is 0.0949. The van der Waals surface area contributed by atoms with E-state index in [1.54, 1.807) is 6.92 Å². The summed E-state index contributed by atoms with van der Waals surface area (Å²) in [6.07, 6.45) is 0. The third-order valence-electron chi connectivity index (χ3n) is 3.99. The number of benzene rings is 2. The van der Waals surface area contributed by atoms with Crippen LogP contribution in [-0.2, 0) is 12.2 Å². The Balaban J connectivity index is 2.28. The van der Waals surface area contributed by atoms with Gasteiger partial charge in [-0.15, -0.1) is 0 Å². The summed E-state index contributed by atoms with van der Waals surface area (Å²) < 4.78 is 57.5. The van der Waals surface area contributed by atoms with E-state index in [2.05, 4.69) is 5.10 Å². The van der Waals surface area contributed by atoms with E-state index >= 15 is 4.39 Å². The van der Waals surface area contributed by atoms with Crippen molar-refractivity contribution in [2.75, 3.05) is 0 Å². The summed E-state index contributed by atoms with van der Waals surface area (Å²) in [5.74, 6) is -2.57. The molecule has 2 nitrogen and oxygen atoms in total. The molecule has 0 saturated carbocycles. The molecular weight excluding hydrogens is 391 g/mol. The van der Waals surface area contributed by atoms with Gasteiger partial charge >= 0.3 is 0 Å². The van der Waals surface area contributed by atoms with Crippen molar-refractivity contribution in [3.05, 3.63) is 75.8 Å². The second kappa shape index (κ2) is 6.59. The van der Waals surface area contributed by atoms with Crippen LogP contribution in [0.1, 0.15) is 17.0 Å². The highest BCUT2D eigenvalue weighted by Crippen LogP contribution is 2.46. The predicted octanol–water partition coefficient (Wildman–Crippen LogP) is 5.88. The summed E-state index contributed by atoms with van der Waals surface area (Å²) in [7, 11) is 1.43. The molecule has 3 aromatic rings. The maximum Gasteiger partial charge on any atom is 0.253 e. The largest absolute Gasteiger partial charge is 0.267 e. The number of hydrogen-bond donors (Lipinski definition) is 0. The predicted molar refractivity (Wildman–Crippen MR) is 92.4 cm³/mol. The highest BCUT2D eigenvalue weighted by Gasteiger charge is 2.41. The van der Waals surface area contributed by atoms with E-state index in [0.29, 0.717) is 17.3 Å². The van der Waals surface area contributed by atoms with E-state index in [1.807, 2.05) is 0 Å². The Hall–Kier alpha value is -2.05. The van der Waals surface area contributed by atoms with Crippen LogP contribution in [0.15, 0.2) is 36.4 Å². The summed E-state index contributed by atoms with van der Waals surface area (Å²) in [6.45, 7) is 1.59. The zero-order valence-electron chi connectivity index (χ0n) is 13.6. The molecule has 1 atom stereocenters. The summed E-state index contributed by atoms with van der Waals surface area (Å²) >= 11 is 12.2. The molecule has 1 aromatic heterocycles. The first kappa shape index (κ1) is 18.7. The van der Waals surface area contributed by atoms with Crippen LogP contribution in [0.3, 0.4) is 0 Å². The lowest BCUT2D eigenvalue weighted by atomic mass is 9.97. The van der Waals surface area contributed by atoms with Crippen LogP contribution in [-0.4, -0.2) is 9.78 Å². The maximum atomic E-state index is 15.6. The zero-order chi connectivity index (χ0) is 19.2. The number of alkyl halides is 2. The van der Waals surface area contributed by atoms with Gasteiger partial charge in [-0.25, -0.2) is 17.6 Å². The third-order valence-corrected chi connectivity index (χ3v) is 4.68. The Labute approximate surface area is 157 Å². The number of hydrogen-bond acceptors (Lipinski definition) is 1. The fraction of sp³-hybridized carbons (Fsp3) is 0.167. The van der Waals surface area contributed by atoms with E-state index in [1.165, 1.54) is 13.1 Å². The molecular formula is C18H12Cl2F4N2. The molecule has 0 radical (unpaired) electrons. The van der Waals surface area contributed by atoms with Crippen molar-refractivity contribution in [2.45, 2.75) is 12.1 Å². The summed E-state index contributed by atoms with van der Waals surface area (Å²) in [6, 6.07) is 5.96. The molecule has 0 amide bonds. The molecule has 1 heterocycles. The average molecular weight is 403 g/mol. The minimum absolute atomic E-state index is 0.0226. The first-order valence-electron chi connectivity index (χ1n) is 7.45. The van der Waals surface area contributed by atoms with E-state index < -0.39 is 28.1 Å². The quantitative estimate of drug-likeness (QED) is 0.395. The van der Waals surface area contributed by atoms with Gasteiger partial charge in [-0.1, -0.05) is 23.2 Å². The minimum atomic E-state index is -2.86. The van der Waals surface area contributed by atoms with Crippen LogP contribution in [0.5, 0.6) is 0 Å². The first-order valence-corrected chi connectivity index (χ1v) is 8.21. The molecule has 0 aliphatic carbocycles. The highest BCUT2D eigenvalue weighted by atomic mass is 35.5. The normalized spacial score (nSPS) is 13.7. The fourth-order valence-electron chi connectivity index (χ4n) is 2.90. The van der Waals surface area contributed by atoms with Gasteiger partial charge in [-0.3, -0.25) is 4.68 Å². The second-order valence-electron chi connectivity index (χ2n) is 5.76. The van der Waals surface area contributed by atoms with Gasteiger partial charge in [-0.2, -0.15) is 5.10 Å². The van der Waals surface area contributed by atoms with Crippen LogP contribution < -0.4 is 0 Å². The molecule has 0 fully saturated rings. The van der Waals surface area contributed by atoms with Crippen molar-refractivity contribution in [1.82, 2.24) is 9.78 Å². The van der Waals surface area contributed by atoms with Crippen LogP contribution in [0, 0.1) is 24.4 Å². The molecule has 0 aliphatic rings. The highest BCUT2D eigenvalue weighted by molar-refractivity contribution is 6.33. The van der Waals surface area contributed by atoms with Gasteiger partial charge < -0.3 is 0 Å². The topological polar surface area (TPSA) is 17.8 Å². The number of aromatic nitrogens is 2. The Morgan fingerprint density at radius 3 is 2.27 bits per heavy atom. The summed E-state index contributed by atoms with van der Waals surface area (Å²) in [4.78, 5) is 0. The van der Waals surface area contributed by atoms with Crippen molar-refractivity contribution in [3.63, 3.8) is 0 Å². The van der Waals surface area contributed by atoms with E-state index in [-0.39, 0.29) is 16.3 Å². The number of aryl methyl sites for hydroxylation is 2. The maximum absolute atomic E-state index is 15.6. The Kier molecular flexibility index (Phi) is 4.75. The van der Waals surface area contributed by atoms with Crippen molar-refractivity contribution >= 4 is 23.2 Å². The molecule has 136 valence electrons. The van der Waals surface area contributed by atoms with Gasteiger partial charge in [-0.05, 0) is 37.3 Å². The second-order valence-corrected chi connectivity index (χ2v) is 6.68. The average Bonchev–Trinajstić information content (AvgIpc) is 2.82. The van der Waals surface area contributed by atoms with E-state index in [0.717, 1.165) is 28.9 Å². The Morgan fingerprint density at radius 1 is 1.04 bits per heavy atom. The van der Waals surface area contributed by atoms with Crippen LogP contribution in [0.4, 0.5) is 17.6 Å². The molecule has 0 aliphatic heterocycles. The van der Waals surface area contributed by atoms with E-state index in [4.69, 9.17) is 23.2 Å². The van der Waals surface area contributed by atoms with Crippen molar-refractivity contribution < 1.29 is 17.6 Å². The lowest BCUT2D eigenvalue weighted by Crippen LogP contribution is -2.21. The summed E-state index contributed by atoms with van der Waals surface area (Å²) in [5, 5.41) is 1.30. The molecule has 0 bridgehead atoms. The monoisotopic (exact) mass is 402 g/mol. The van der Waals surface area contributed by atoms with Gasteiger partial charge in [0.15, 0.2) is 0 Å². The Morgan fingerprint density at radius 2 is 1.65 bits per heavy atom. The molecule has 8 heteroatoms. The minimum Gasteiger partial charge on any atom is -0.267 e. The van der Waals surface area contributed by atoms with Gasteiger partial charge in [0, 0.05) is 29.8 Å². The van der Waals surface area contributed by atoms with Gasteiger partial charge in [0.25, 0.3) is 5.13 Å². The lowest BCUT2D eigenvalue weighted by molar-refractivity contribution is 0.313. The van der Waals surface area contributed by atoms with Crippen molar-refractivity contribution in [3.8, 4) is 11.1 Å². The molecule has 26 heavy (non-hydrogen) atoms. The number of rotatable bonds is 3. The van der Waals surface area contributed by atoms with Gasteiger partial charge in [0.05, 0.1) is 10.7 Å².